The van der Waals surface area contributed by atoms with Crippen molar-refractivity contribution in [2.24, 2.45) is 0 Å². The van der Waals surface area contributed by atoms with Crippen LogP contribution in [0.3, 0.4) is 0 Å². The zero-order valence-electron chi connectivity index (χ0n) is 7.51. The van der Waals surface area contributed by atoms with E-state index in [1.807, 2.05) is 6.07 Å². The van der Waals surface area contributed by atoms with E-state index >= 15 is 0 Å². The maximum Gasteiger partial charge on any atom is 0.123 e. The number of fused-ring (bicyclic) bond motifs is 1. The Morgan fingerprint density at radius 3 is 3.00 bits per heavy atom. The molecule has 1 atom stereocenters. The van der Waals surface area contributed by atoms with E-state index in [0.717, 1.165) is 18.5 Å². The monoisotopic (exact) mass is 201 g/mol. The van der Waals surface area contributed by atoms with Crippen molar-refractivity contribution in [1.29, 1.82) is 0 Å². The average Bonchev–Trinajstić information content (AvgIpc) is 2.07. The molecule has 13 heavy (non-hydrogen) atoms. The molecule has 1 aromatic carbocycles. The van der Waals surface area contributed by atoms with E-state index in [9.17, 15) is 4.39 Å². The molecule has 1 heterocycles. The molecule has 1 aliphatic heterocycles. The highest BCUT2D eigenvalue weighted by Gasteiger charge is 2.15. The quantitative estimate of drug-likeness (QED) is 0.680. The Morgan fingerprint density at radius 1 is 1.46 bits per heavy atom. The van der Waals surface area contributed by atoms with Crippen molar-refractivity contribution < 1.29 is 4.39 Å². The third-order valence-electron chi connectivity index (χ3n) is 2.42. The molecule has 0 saturated heterocycles. The zero-order valence-corrected chi connectivity index (χ0v) is 8.33. The number of hydrogen-bond acceptors (Lipinski definition) is 1. The summed E-state index contributed by atoms with van der Waals surface area (Å²) in [6, 6.07) is 5.36. The molecule has 72 valence electrons. The van der Waals surface area contributed by atoms with Crippen LogP contribution in [0.4, 0.5) is 4.39 Å². The van der Waals surface area contributed by atoms with E-state index in [2.05, 4.69) is 12.2 Å². The largest absolute Gasteiger partial charge is 0.310 e. The van der Waals surface area contributed by atoms with Gasteiger partial charge in [0.05, 0.1) is 0 Å². The van der Waals surface area contributed by atoms with Crippen LogP contribution in [-0.4, -0.2) is 6.54 Å². The molecule has 1 aromatic rings. The van der Waals surface area contributed by atoms with Gasteiger partial charge in [0, 0.05) is 6.04 Å². The van der Waals surface area contributed by atoms with Crippen molar-refractivity contribution >= 4 is 12.4 Å². The molecule has 3 heteroatoms. The number of rotatable bonds is 0. The van der Waals surface area contributed by atoms with Crippen molar-refractivity contribution in [2.75, 3.05) is 6.54 Å². The predicted octanol–water partition coefficient (Wildman–Crippen LogP) is 2.45. The summed E-state index contributed by atoms with van der Waals surface area (Å²) in [5.74, 6) is -0.135. The summed E-state index contributed by atoms with van der Waals surface area (Å²) in [5, 5.41) is 3.30. The van der Waals surface area contributed by atoms with Crippen LogP contribution >= 0.6 is 12.4 Å². The molecule has 0 radical (unpaired) electrons. The molecule has 1 nitrogen and oxygen atoms in total. The van der Waals surface area contributed by atoms with Gasteiger partial charge in [0.1, 0.15) is 5.82 Å². The third-order valence-corrected chi connectivity index (χ3v) is 2.42. The van der Waals surface area contributed by atoms with Crippen molar-refractivity contribution in [3.63, 3.8) is 0 Å². The first-order valence-electron chi connectivity index (χ1n) is 4.29. The van der Waals surface area contributed by atoms with E-state index in [0.29, 0.717) is 6.04 Å². The minimum atomic E-state index is -0.135. The van der Waals surface area contributed by atoms with Gasteiger partial charge >= 0.3 is 0 Å². The minimum Gasteiger partial charge on any atom is -0.310 e. The molecule has 0 aliphatic carbocycles. The third kappa shape index (κ3) is 2.01. The molecule has 0 fully saturated rings. The molecule has 0 bridgehead atoms. The molecular formula is C10H13ClFN. The summed E-state index contributed by atoms with van der Waals surface area (Å²) in [7, 11) is 0. The first kappa shape index (κ1) is 10.5. The lowest BCUT2D eigenvalue weighted by Gasteiger charge is -2.23. The fraction of sp³-hybridized carbons (Fsp3) is 0.400. The summed E-state index contributed by atoms with van der Waals surface area (Å²) in [4.78, 5) is 0. The summed E-state index contributed by atoms with van der Waals surface area (Å²) < 4.78 is 12.8. The van der Waals surface area contributed by atoms with Crippen molar-refractivity contribution in [3.05, 3.63) is 35.1 Å². The highest BCUT2D eigenvalue weighted by atomic mass is 35.5. The van der Waals surface area contributed by atoms with Crippen LogP contribution in [0, 0.1) is 5.82 Å². The van der Waals surface area contributed by atoms with Crippen molar-refractivity contribution in [1.82, 2.24) is 5.32 Å². The standard InChI is InChI=1S/C10H12FN.ClH/c1-7-10-6-9(11)3-2-8(10)4-5-12-7;/h2-3,6-7,12H,4-5H2,1H3;1H/t7-;/m1./s1. The van der Waals surface area contributed by atoms with Gasteiger partial charge in [-0.15, -0.1) is 12.4 Å². The van der Waals surface area contributed by atoms with E-state index in [1.165, 1.54) is 11.6 Å². The number of halogens is 2. The van der Waals surface area contributed by atoms with Crippen LogP contribution in [0.5, 0.6) is 0 Å². The summed E-state index contributed by atoms with van der Waals surface area (Å²) in [6.45, 7) is 3.07. The predicted molar refractivity (Wildman–Crippen MR) is 53.8 cm³/mol. The van der Waals surface area contributed by atoms with Gasteiger partial charge in [-0.2, -0.15) is 0 Å². The maximum absolute atomic E-state index is 12.8. The van der Waals surface area contributed by atoms with Crippen molar-refractivity contribution in [3.8, 4) is 0 Å². The van der Waals surface area contributed by atoms with Gasteiger partial charge in [0.2, 0.25) is 0 Å². The number of benzene rings is 1. The van der Waals surface area contributed by atoms with Gasteiger partial charge in [0.25, 0.3) is 0 Å². The molecule has 0 unspecified atom stereocenters. The molecule has 0 aromatic heterocycles. The second-order valence-electron chi connectivity index (χ2n) is 3.27. The van der Waals surface area contributed by atoms with E-state index in [1.54, 1.807) is 6.07 Å². The normalized spacial score (nSPS) is 20.3. The van der Waals surface area contributed by atoms with Crippen LogP contribution in [-0.2, 0) is 6.42 Å². The Balaban J connectivity index is 0.000000845. The summed E-state index contributed by atoms with van der Waals surface area (Å²) in [5.41, 5.74) is 2.39. The van der Waals surface area contributed by atoms with Gasteiger partial charge in [-0.3, -0.25) is 0 Å². The molecule has 0 amide bonds. The molecule has 1 N–H and O–H groups in total. The average molecular weight is 202 g/mol. The van der Waals surface area contributed by atoms with Gasteiger partial charge in [-0.25, -0.2) is 4.39 Å². The second-order valence-corrected chi connectivity index (χ2v) is 3.27. The lowest BCUT2D eigenvalue weighted by atomic mass is 9.95. The molecule has 2 rings (SSSR count). The van der Waals surface area contributed by atoms with Crippen molar-refractivity contribution in [2.45, 2.75) is 19.4 Å². The zero-order chi connectivity index (χ0) is 8.55. The van der Waals surface area contributed by atoms with E-state index in [4.69, 9.17) is 0 Å². The van der Waals surface area contributed by atoms with E-state index < -0.39 is 0 Å². The molecular weight excluding hydrogens is 189 g/mol. The van der Waals surface area contributed by atoms with Crippen LogP contribution < -0.4 is 5.32 Å². The fourth-order valence-corrected chi connectivity index (χ4v) is 1.73. The molecule has 0 saturated carbocycles. The van der Waals surface area contributed by atoms with Crippen LogP contribution in [0.25, 0.3) is 0 Å². The van der Waals surface area contributed by atoms with Gasteiger partial charge in [-0.1, -0.05) is 6.07 Å². The van der Waals surface area contributed by atoms with Gasteiger partial charge in [0.15, 0.2) is 0 Å². The summed E-state index contributed by atoms with van der Waals surface area (Å²) in [6.07, 6.45) is 1.01. The van der Waals surface area contributed by atoms with Crippen LogP contribution in [0.1, 0.15) is 24.1 Å². The minimum absolute atomic E-state index is 0. The van der Waals surface area contributed by atoms with E-state index in [-0.39, 0.29) is 18.2 Å². The number of hydrogen-bond donors (Lipinski definition) is 1. The molecule has 0 spiro atoms. The smallest absolute Gasteiger partial charge is 0.123 e. The Morgan fingerprint density at radius 2 is 2.23 bits per heavy atom. The Bertz CT molecular complexity index is 301. The lowest BCUT2D eigenvalue weighted by molar-refractivity contribution is 0.532. The summed E-state index contributed by atoms with van der Waals surface area (Å²) >= 11 is 0. The van der Waals surface area contributed by atoms with Crippen LogP contribution in [0.2, 0.25) is 0 Å². The number of nitrogens with one attached hydrogen (secondary N) is 1. The Hall–Kier alpha value is -0.600. The second kappa shape index (κ2) is 4.07. The topological polar surface area (TPSA) is 12.0 Å². The highest BCUT2D eigenvalue weighted by Crippen LogP contribution is 2.22. The van der Waals surface area contributed by atoms with Crippen LogP contribution in [0.15, 0.2) is 18.2 Å². The first-order chi connectivity index (χ1) is 5.77. The molecule has 1 aliphatic rings. The van der Waals surface area contributed by atoms with Gasteiger partial charge in [-0.05, 0) is 43.1 Å². The fourth-order valence-electron chi connectivity index (χ4n) is 1.73. The maximum atomic E-state index is 12.8. The Labute approximate surface area is 83.8 Å². The Kier molecular flexibility index (Phi) is 3.28. The lowest BCUT2D eigenvalue weighted by Crippen LogP contribution is -2.27. The first-order valence-corrected chi connectivity index (χ1v) is 4.29. The highest BCUT2D eigenvalue weighted by molar-refractivity contribution is 5.85. The SMILES string of the molecule is C[C@H]1NCCc2ccc(F)cc21.Cl. The van der Waals surface area contributed by atoms with Gasteiger partial charge < -0.3 is 5.32 Å².